The van der Waals surface area contributed by atoms with Crippen LogP contribution in [0.5, 0.6) is 23.1 Å². The summed E-state index contributed by atoms with van der Waals surface area (Å²) in [6, 6.07) is 27.4. The van der Waals surface area contributed by atoms with E-state index in [-0.39, 0.29) is 0 Å². The number of nitrogens with one attached hydrogen (secondary N) is 1. The first kappa shape index (κ1) is 21.3. The summed E-state index contributed by atoms with van der Waals surface area (Å²) in [6.45, 7) is 4.24. The third kappa shape index (κ3) is 4.79. The Morgan fingerprint density at radius 3 is 2.15 bits per heavy atom. The van der Waals surface area contributed by atoms with Crippen LogP contribution in [-0.4, -0.2) is 4.98 Å². The van der Waals surface area contributed by atoms with Crippen LogP contribution in [0.25, 0.3) is 5.57 Å². The zero-order valence-electron chi connectivity index (χ0n) is 19.1. The second-order valence-corrected chi connectivity index (χ2v) is 8.03. The molecule has 5 heteroatoms. The van der Waals surface area contributed by atoms with E-state index in [9.17, 15) is 0 Å². The lowest BCUT2D eigenvalue weighted by Crippen LogP contribution is -2.32. The quantitative estimate of drug-likeness (QED) is 0.340. The number of para-hydroxylation sites is 1. The molecule has 0 unspecified atom stereocenters. The fourth-order valence-electron chi connectivity index (χ4n) is 3.89. The molecule has 0 bridgehead atoms. The van der Waals surface area contributed by atoms with Gasteiger partial charge in [0.1, 0.15) is 17.2 Å². The van der Waals surface area contributed by atoms with E-state index in [1.54, 1.807) is 6.20 Å². The minimum Gasteiger partial charge on any atom is -0.457 e. The fourth-order valence-corrected chi connectivity index (χ4v) is 3.89. The van der Waals surface area contributed by atoms with Crippen LogP contribution in [0.3, 0.4) is 0 Å². The predicted octanol–water partition coefficient (Wildman–Crippen LogP) is 7.16. The minimum absolute atomic E-state index is 0.542. The summed E-state index contributed by atoms with van der Waals surface area (Å²) in [6.07, 6.45) is 7.86. The Hall–Kier alpha value is -4.51. The molecule has 2 heterocycles. The summed E-state index contributed by atoms with van der Waals surface area (Å²) in [5.74, 6) is 2.65. The molecule has 4 aromatic rings. The van der Waals surface area contributed by atoms with Gasteiger partial charge in [-0.1, -0.05) is 42.5 Å². The average Bonchev–Trinajstić information content (AvgIpc) is 2.85. The number of aryl methyl sites for hydroxylation is 2. The fraction of sp³-hybridized carbons (Fsp3) is 0.0690. The minimum atomic E-state index is 0.542. The van der Waals surface area contributed by atoms with Gasteiger partial charge in [0.15, 0.2) is 0 Å². The van der Waals surface area contributed by atoms with Crippen LogP contribution in [-0.2, 0) is 0 Å². The topological polar surface area (TPSA) is 46.6 Å². The van der Waals surface area contributed by atoms with Crippen molar-refractivity contribution in [1.29, 1.82) is 0 Å². The van der Waals surface area contributed by atoms with Crippen molar-refractivity contribution < 1.29 is 9.47 Å². The van der Waals surface area contributed by atoms with Gasteiger partial charge in [-0.3, -0.25) is 5.01 Å². The van der Waals surface area contributed by atoms with Crippen LogP contribution >= 0.6 is 0 Å². The zero-order valence-corrected chi connectivity index (χ0v) is 19.1. The Bertz CT molecular complexity index is 1340. The van der Waals surface area contributed by atoms with Crippen LogP contribution in [0, 0.1) is 13.8 Å². The number of anilines is 1. The number of hydrazine groups is 1. The van der Waals surface area contributed by atoms with Crippen molar-refractivity contribution in [2.75, 3.05) is 5.01 Å². The monoisotopic (exact) mass is 447 g/mol. The van der Waals surface area contributed by atoms with Crippen LogP contribution in [0.15, 0.2) is 110 Å². The molecule has 168 valence electrons. The van der Waals surface area contributed by atoms with E-state index in [0.29, 0.717) is 17.4 Å². The molecular weight excluding hydrogens is 422 g/mol. The summed E-state index contributed by atoms with van der Waals surface area (Å²) in [4.78, 5) is 4.20. The molecule has 3 aromatic carbocycles. The van der Waals surface area contributed by atoms with Crippen LogP contribution in [0.2, 0.25) is 0 Å². The number of hydrogen-bond donors (Lipinski definition) is 1. The van der Waals surface area contributed by atoms with Crippen LogP contribution in [0.4, 0.5) is 5.69 Å². The first-order valence-corrected chi connectivity index (χ1v) is 11.1. The van der Waals surface area contributed by atoms with Crippen molar-refractivity contribution in [3.8, 4) is 23.1 Å². The Morgan fingerprint density at radius 2 is 1.44 bits per heavy atom. The second-order valence-electron chi connectivity index (χ2n) is 8.03. The van der Waals surface area contributed by atoms with Gasteiger partial charge in [-0.2, -0.15) is 0 Å². The number of aromatic nitrogens is 1. The van der Waals surface area contributed by atoms with E-state index in [1.165, 1.54) is 16.8 Å². The highest BCUT2D eigenvalue weighted by atomic mass is 16.5. The third-order valence-corrected chi connectivity index (χ3v) is 5.51. The molecule has 5 nitrogen and oxygen atoms in total. The van der Waals surface area contributed by atoms with Crippen molar-refractivity contribution in [3.05, 3.63) is 126 Å². The van der Waals surface area contributed by atoms with Gasteiger partial charge in [0, 0.05) is 36.3 Å². The maximum atomic E-state index is 6.13. The lowest BCUT2D eigenvalue weighted by atomic mass is 10.1. The lowest BCUT2D eigenvalue weighted by molar-refractivity contribution is 0.449. The Morgan fingerprint density at radius 1 is 0.735 bits per heavy atom. The van der Waals surface area contributed by atoms with Crippen molar-refractivity contribution in [3.63, 3.8) is 0 Å². The van der Waals surface area contributed by atoms with E-state index >= 15 is 0 Å². The van der Waals surface area contributed by atoms with Gasteiger partial charge in [-0.25, -0.2) is 4.98 Å². The Labute approximate surface area is 199 Å². The largest absolute Gasteiger partial charge is 0.457 e. The molecular formula is C29H25N3O2. The Kier molecular flexibility index (Phi) is 5.99. The first-order chi connectivity index (χ1) is 16.7. The highest BCUT2D eigenvalue weighted by Crippen LogP contribution is 2.31. The molecule has 5 rings (SSSR count). The van der Waals surface area contributed by atoms with Gasteiger partial charge < -0.3 is 14.9 Å². The number of hydrogen-bond acceptors (Lipinski definition) is 5. The molecule has 0 atom stereocenters. The smallest absolute Gasteiger partial charge is 0.219 e. The molecule has 1 aromatic heterocycles. The molecule has 0 radical (unpaired) electrons. The van der Waals surface area contributed by atoms with Gasteiger partial charge in [0.25, 0.3) is 0 Å². The second kappa shape index (κ2) is 9.55. The molecule has 0 saturated carbocycles. The molecule has 1 N–H and O–H groups in total. The zero-order chi connectivity index (χ0) is 23.3. The maximum absolute atomic E-state index is 6.13. The number of ether oxygens (including phenoxy) is 2. The van der Waals surface area contributed by atoms with Gasteiger partial charge in [-0.15, -0.1) is 0 Å². The molecule has 1 aliphatic rings. The molecule has 0 saturated heterocycles. The average molecular weight is 448 g/mol. The standard InChI is InChI=1S/C29H25N3O2/c1-21-8-5-9-22(2)29(21)32-17-15-24(20-31-32)23-10-6-11-25(18-23)33-26-12-7-13-27(19-26)34-28-14-3-4-16-30-28/h3-20,31H,1-2H3. The highest BCUT2D eigenvalue weighted by molar-refractivity contribution is 5.77. The molecule has 0 amide bonds. The highest BCUT2D eigenvalue weighted by Gasteiger charge is 2.13. The van der Waals surface area contributed by atoms with Crippen LogP contribution in [0.1, 0.15) is 16.7 Å². The Balaban J connectivity index is 1.30. The van der Waals surface area contributed by atoms with E-state index in [2.05, 4.69) is 60.8 Å². The number of allylic oxidation sites excluding steroid dienone is 2. The van der Waals surface area contributed by atoms with E-state index < -0.39 is 0 Å². The molecule has 34 heavy (non-hydrogen) atoms. The van der Waals surface area contributed by atoms with Gasteiger partial charge in [0.05, 0.1) is 5.69 Å². The van der Waals surface area contributed by atoms with E-state index in [4.69, 9.17) is 9.47 Å². The molecule has 0 fully saturated rings. The lowest BCUT2D eigenvalue weighted by Gasteiger charge is -2.27. The summed E-state index contributed by atoms with van der Waals surface area (Å²) in [5.41, 5.74) is 9.12. The van der Waals surface area contributed by atoms with Gasteiger partial charge in [-0.05, 0) is 66.9 Å². The summed E-state index contributed by atoms with van der Waals surface area (Å²) >= 11 is 0. The molecule has 0 spiro atoms. The number of rotatable bonds is 6. The summed E-state index contributed by atoms with van der Waals surface area (Å²) < 4.78 is 11.9. The number of pyridine rings is 1. The molecule has 0 aliphatic carbocycles. The number of benzene rings is 3. The number of nitrogens with zero attached hydrogens (tertiary/aromatic N) is 2. The first-order valence-electron chi connectivity index (χ1n) is 11.1. The normalized spacial score (nSPS) is 12.6. The van der Waals surface area contributed by atoms with Crippen molar-refractivity contribution in [2.45, 2.75) is 13.8 Å². The summed E-state index contributed by atoms with van der Waals surface area (Å²) in [7, 11) is 0. The predicted molar refractivity (Wildman–Crippen MR) is 136 cm³/mol. The molecule has 1 aliphatic heterocycles. The van der Waals surface area contributed by atoms with E-state index in [1.807, 2.05) is 71.9 Å². The van der Waals surface area contributed by atoms with Crippen molar-refractivity contribution in [1.82, 2.24) is 10.4 Å². The SMILES string of the molecule is Cc1cccc(C)c1N1C=CC(c2cccc(Oc3cccc(Oc4ccccn4)c3)c2)=CN1. The maximum Gasteiger partial charge on any atom is 0.219 e. The van der Waals surface area contributed by atoms with Crippen LogP contribution < -0.4 is 19.9 Å². The van der Waals surface area contributed by atoms with Crippen molar-refractivity contribution >= 4 is 11.3 Å². The van der Waals surface area contributed by atoms with Gasteiger partial charge in [0.2, 0.25) is 5.88 Å². The third-order valence-electron chi connectivity index (χ3n) is 5.51. The van der Waals surface area contributed by atoms with Gasteiger partial charge >= 0.3 is 0 Å². The van der Waals surface area contributed by atoms with Crippen molar-refractivity contribution in [2.24, 2.45) is 0 Å². The van der Waals surface area contributed by atoms with E-state index in [0.717, 1.165) is 16.9 Å². The summed E-state index contributed by atoms with van der Waals surface area (Å²) in [5, 5.41) is 2.04.